The molecule has 0 fully saturated rings. The van der Waals surface area contributed by atoms with Gasteiger partial charge in [0, 0.05) is 23.9 Å². The lowest BCUT2D eigenvalue weighted by atomic mass is 9.89. The number of benzene rings is 2. The van der Waals surface area contributed by atoms with Crippen LogP contribution in [-0.2, 0) is 22.4 Å². The highest BCUT2D eigenvalue weighted by Gasteiger charge is 2.39. The quantitative estimate of drug-likeness (QED) is 0.0795. The number of rotatable bonds is 11. The summed E-state index contributed by atoms with van der Waals surface area (Å²) in [7, 11) is 3.87. The van der Waals surface area contributed by atoms with E-state index in [2.05, 4.69) is 15.1 Å². The number of hydrogen-bond acceptors (Lipinski definition) is 8. The Hall–Kier alpha value is -5.79. The van der Waals surface area contributed by atoms with Gasteiger partial charge in [0.25, 0.3) is 0 Å². The molecule has 0 bridgehead atoms. The Balaban J connectivity index is 0.000000587. The zero-order valence-electron chi connectivity index (χ0n) is 28.6. The van der Waals surface area contributed by atoms with Crippen LogP contribution in [0, 0.1) is 11.2 Å². The van der Waals surface area contributed by atoms with Crippen LogP contribution >= 0.6 is 0 Å². The fourth-order valence-corrected chi connectivity index (χ4v) is 4.53. The van der Waals surface area contributed by atoms with E-state index in [4.69, 9.17) is 35.7 Å². The van der Waals surface area contributed by atoms with Crippen molar-refractivity contribution in [2.24, 2.45) is 5.73 Å². The lowest BCUT2D eigenvalue weighted by Gasteiger charge is -2.22. The molecule has 13 nitrogen and oxygen atoms in total. The minimum atomic E-state index is -5.08. The molecular formula is C33H36F7N7O6. The van der Waals surface area contributed by atoms with Gasteiger partial charge in [0.05, 0.1) is 5.92 Å². The molecule has 0 amide bonds. The normalized spacial score (nSPS) is 12.5. The summed E-state index contributed by atoms with van der Waals surface area (Å²) in [5, 5.41) is 26.5. The lowest BCUT2D eigenvalue weighted by molar-refractivity contribution is -0.193. The van der Waals surface area contributed by atoms with Crippen molar-refractivity contribution in [2.75, 3.05) is 20.6 Å². The molecule has 53 heavy (non-hydrogen) atoms. The van der Waals surface area contributed by atoms with Crippen LogP contribution in [0.15, 0.2) is 65.6 Å². The van der Waals surface area contributed by atoms with Gasteiger partial charge in [-0.05, 0) is 63.2 Å². The summed E-state index contributed by atoms with van der Waals surface area (Å²) in [6.45, 7) is 4.52. The number of nitrogen functional groups attached to an aromatic ring is 1. The Kier molecular flexibility index (Phi) is 15.2. The second kappa shape index (κ2) is 18.6. The number of pyridine rings is 1. The number of carboxylic acids is 2. The number of nitrogens with one attached hydrogen (secondary N) is 2. The highest BCUT2D eigenvalue weighted by Crippen LogP contribution is 2.34. The van der Waals surface area contributed by atoms with Gasteiger partial charge in [-0.2, -0.15) is 31.0 Å². The largest absolute Gasteiger partial charge is 0.490 e. The number of nitrogens with two attached hydrogens (primary N) is 1. The molecule has 6 N–H and O–H groups in total. The van der Waals surface area contributed by atoms with E-state index >= 15 is 4.39 Å². The van der Waals surface area contributed by atoms with E-state index in [1.807, 2.05) is 51.0 Å². The van der Waals surface area contributed by atoms with E-state index in [0.29, 0.717) is 42.2 Å². The molecule has 2 aromatic heterocycles. The van der Waals surface area contributed by atoms with Crippen molar-refractivity contribution in [2.45, 2.75) is 51.1 Å². The molecule has 2 aromatic carbocycles. The predicted octanol–water partition coefficient (Wildman–Crippen LogP) is 4.91. The molecule has 0 spiro atoms. The monoisotopic (exact) mass is 759 g/mol. The minimum absolute atomic E-state index is 0.0353. The second-order valence-electron chi connectivity index (χ2n) is 11.4. The number of aryl methyl sites for hydroxylation is 1. The summed E-state index contributed by atoms with van der Waals surface area (Å²) in [5.74, 6) is -5.84. The Bertz CT molecular complexity index is 1870. The second-order valence-corrected chi connectivity index (χ2v) is 11.4. The standard InChI is InChI=1S/C29H34FN7O2.2C2HF3O2/c1-5-19-14-22(26(30)24(16-19)39-18(2)17-36(3)4)23(15-20-9-11-21(12-10-20)27(31)32)28-34-29(38)37(35-28)25-8-6-7-13-33-25;2*3-2(4,5)1(6)7/h6-14,16,18,23H,5,15,17H2,1-4H3,(H3,31,32)(H,34,35,38);2*(H,6,7). The van der Waals surface area contributed by atoms with Gasteiger partial charge in [0.15, 0.2) is 17.4 Å². The summed E-state index contributed by atoms with van der Waals surface area (Å²) in [6.07, 6.45) is -7.82. The van der Waals surface area contributed by atoms with Gasteiger partial charge in [-0.25, -0.2) is 23.8 Å². The van der Waals surface area contributed by atoms with Gasteiger partial charge in [0.1, 0.15) is 17.8 Å². The number of aromatic nitrogens is 4. The average Bonchev–Trinajstić information content (AvgIpc) is 3.45. The van der Waals surface area contributed by atoms with Crippen LogP contribution in [0.1, 0.15) is 47.8 Å². The number of hydrogen-bond donors (Lipinski definition) is 5. The number of carboxylic acid groups (broad SMARTS) is 2. The SMILES string of the molecule is CCc1cc(OC(C)CN(C)C)c(F)c(C(Cc2ccc(C(=N)N)cc2)c2nn(-c3ccccn3)c(=O)[nH]2)c1.O=C(O)C(F)(F)F.O=C(O)C(F)(F)F. The molecule has 288 valence electrons. The fourth-order valence-electron chi connectivity index (χ4n) is 4.53. The summed E-state index contributed by atoms with van der Waals surface area (Å²) < 4.78 is 86.9. The first-order valence-electron chi connectivity index (χ1n) is 15.3. The number of likely N-dealkylation sites (N-methyl/N-ethyl adjacent to an activating group) is 1. The molecule has 0 radical (unpaired) electrons. The number of aromatic amines is 1. The Labute approximate surface area is 297 Å². The molecule has 0 aliphatic carbocycles. The minimum Gasteiger partial charge on any atom is -0.486 e. The third-order valence-corrected chi connectivity index (χ3v) is 6.88. The molecule has 2 unspecified atom stereocenters. The molecular weight excluding hydrogens is 723 g/mol. The number of amidine groups is 1. The summed E-state index contributed by atoms with van der Waals surface area (Å²) >= 11 is 0. The highest BCUT2D eigenvalue weighted by molar-refractivity contribution is 5.94. The number of nitrogens with zero attached hydrogens (tertiary/aromatic N) is 4. The van der Waals surface area contributed by atoms with Crippen LogP contribution < -0.4 is 16.2 Å². The molecule has 0 saturated carbocycles. The smallest absolute Gasteiger partial charge is 0.486 e. The first-order chi connectivity index (χ1) is 24.5. The molecule has 0 saturated heterocycles. The molecule has 0 aliphatic rings. The molecule has 4 aromatic rings. The Morgan fingerprint density at radius 2 is 1.57 bits per heavy atom. The zero-order chi connectivity index (χ0) is 40.3. The van der Waals surface area contributed by atoms with Gasteiger partial charge in [-0.1, -0.05) is 43.3 Å². The van der Waals surface area contributed by atoms with Crippen molar-refractivity contribution in [3.8, 4) is 11.6 Å². The molecule has 2 atom stereocenters. The van der Waals surface area contributed by atoms with Gasteiger partial charge < -0.3 is 25.6 Å². The molecule has 20 heteroatoms. The van der Waals surface area contributed by atoms with E-state index < -0.39 is 41.7 Å². The van der Waals surface area contributed by atoms with Crippen LogP contribution in [0.3, 0.4) is 0 Å². The van der Waals surface area contributed by atoms with Crippen LogP contribution in [-0.4, -0.2) is 91.7 Å². The third kappa shape index (κ3) is 13.4. The molecule has 2 heterocycles. The van der Waals surface area contributed by atoms with Crippen molar-refractivity contribution in [1.29, 1.82) is 5.41 Å². The van der Waals surface area contributed by atoms with Gasteiger partial charge in [-0.15, -0.1) is 5.10 Å². The number of alkyl halides is 6. The number of ether oxygens (including phenoxy) is 1. The number of H-pyrrole nitrogens is 1. The fraction of sp³-hybridized carbons (Fsp3) is 0.333. The first-order valence-corrected chi connectivity index (χ1v) is 15.3. The maximum atomic E-state index is 16.2. The maximum absolute atomic E-state index is 16.2. The molecule has 4 rings (SSSR count). The van der Waals surface area contributed by atoms with Crippen molar-refractivity contribution < 1.29 is 55.3 Å². The molecule has 0 aliphatic heterocycles. The number of halogens is 7. The summed E-state index contributed by atoms with van der Waals surface area (Å²) in [4.78, 5) is 39.8. The van der Waals surface area contributed by atoms with Crippen LogP contribution in [0.2, 0.25) is 0 Å². The third-order valence-electron chi connectivity index (χ3n) is 6.88. The Morgan fingerprint density at radius 1 is 1.00 bits per heavy atom. The van der Waals surface area contributed by atoms with Crippen molar-refractivity contribution in [1.82, 2.24) is 24.6 Å². The maximum Gasteiger partial charge on any atom is 0.490 e. The van der Waals surface area contributed by atoms with E-state index in [0.717, 1.165) is 11.1 Å². The van der Waals surface area contributed by atoms with Crippen LogP contribution in [0.4, 0.5) is 30.7 Å². The van der Waals surface area contributed by atoms with Crippen LogP contribution in [0.25, 0.3) is 5.82 Å². The number of carbonyl (C=O) groups is 2. The van der Waals surface area contributed by atoms with E-state index in [-0.39, 0.29) is 17.7 Å². The average molecular weight is 760 g/mol. The Morgan fingerprint density at radius 3 is 2.02 bits per heavy atom. The van der Waals surface area contributed by atoms with Crippen molar-refractivity contribution in [3.63, 3.8) is 0 Å². The number of aliphatic carboxylic acids is 2. The van der Waals surface area contributed by atoms with Crippen molar-refractivity contribution in [3.05, 3.63) is 105 Å². The van der Waals surface area contributed by atoms with E-state index in [1.165, 1.54) is 4.68 Å². The highest BCUT2D eigenvalue weighted by atomic mass is 19.4. The summed E-state index contributed by atoms with van der Waals surface area (Å²) in [5.41, 5.74) is 7.88. The van der Waals surface area contributed by atoms with Gasteiger partial charge in [-0.3, -0.25) is 10.4 Å². The van der Waals surface area contributed by atoms with E-state index in [1.54, 1.807) is 42.6 Å². The first kappa shape index (κ1) is 43.4. The van der Waals surface area contributed by atoms with Gasteiger partial charge in [0.2, 0.25) is 0 Å². The van der Waals surface area contributed by atoms with E-state index in [9.17, 15) is 31.1 Å². The lowest BCUT2D eigenvalue weighted by Crippen LogP contribution is -2.28. The zero-order valence-corrected chi connectivity index (χ0v) is 28.6. The van der Waals surface area contributed by atoms with Crippen molar-refractivity contribution >= 4 is 17.8 Å². The van der Waals surface area contributed by atoms with Crippen LogP contribution in [0.5, 0.6) is 5.75 Å². The summed E-state index contributed by atoms with van der Waals surface area (Å²) in [6, 6.07) is 15.9. The van der Waals surface area contributed by atoms with Gasteiger partial charge >= 0.3 is 30.0 Å². The predicted molar refractivity (Wildman–Crippen MR) is 177 cm³/mol. The topological polar surface area (TPSA) is 201 Å².